The largest absolute Gasteiger partial charge is 0.447 e. The molecule has 0 aliphatic heterocycles. The summed E-state index contributed by atoms with van der Waals surface area (Å²) in [6.45, 7) is 4.68. The van der Waals surface area contributed by atoms with Crippen LogP contribution in [0.15, 0.2) is 21.6 Å². The van der Waals surface area contributed by atoms with Crippen LogP contribution in [0.5, 0.6) is 0 Å². The van der Waals surface area contributed by atoms with Crippen molar-refractivity contribution in [3.05, 3.63) is 17.9 Å². The number of nitrogens with zero attached hydrogens (tertiary/aromatic N) is 1. The maximum Gasteiger partial charge on any atom is 0.275 e. The van der Waals surface area contributed by atoms with Gasteiger partial charge in [0.25, 0.3) is 10.0 Å². The van der Waals surface area contributed by atoms with Crippen molar-refractivity contribution in [1.82, 2.24) is 9.62 Å². The third-order valence-electron chi connectivity index (χ3n) is 2.79. The highest BCUT2D eigenvalue weighted by Gasteiger charge is 2.21. The van der Waals surface area contributed by atoms with E-state index in [1.54, 1.807) is 6.07 Å². The van der Waals surface area contributed by atoms with Gasteiger partial charge in [0.05, 0.1) is 12.6 Å². The summed E-state index contributed by atoms with van der Waals surface area (Å²) in [4.78, 5) is 0. The van der Waals surface area contributed by atoms with E-state index in [-0.39, 0.29) is 11.0 Å². The molecule has 6 nitrogen and oxygen atoms in total. The lowest BCUT2D eigenvalue weighted by molar-refractivity contribution is 0.122. The van der Waals surface area contributed by atoms with Crippen molar-refractivity contribution in [1.29, 1.82) is 0 Å². The molecule has 0 amide bonds. The molecule has 1 heterocycles. The minimum Gasteiger partial charge on any atom is -0.447 e. The van der Waals surface area contributed by atoms with Crippen molar-refractivity contribution < 1.29 is 17.9 Å². The van der Waals surface area contributed by atoms with Crippen molar-refractivity contribution >= 4 is 10.0 Å². The minimum absolute atomic E-state index is 0.0706. The molecule has 0 aliphatic rings. The van der Waals surface area contributed by atoms with Gasteiger partial charge in [0, 0.05) is 20.6 Å². The van der Waals surface area contributed by atoms with Crippen LogP contribution >= 0.6 is 0 Å². The Balaban J connectivity index is 2.57. The average molecular weight is 290 g/mol. The van der Waals surface area contributed by atoms with E-state index in [2.05, 4.69) is 5.32 Å². The molecule has 0 spiro atoms. The van der Waals surface area contributed by atoms with E-state index in [0.29, 0.717) is 18.8 Å². The summed E-state index contributed by atoms with van der Waals surface area (Å²) in [5, 5.41) is 12.6. The molecule has 0 aromatic carbocycles. The average Bonchev–Trinajstić information content (AvgIpc) is 2.77. The van der Waals surface area contributed by atoms with Gasteiger partial charge in [-0.05, 0) is 18.1 Å². The Morgan fingerprint density at radius 3 is 2.53 bits per heavy atom. The molecule has 1 atom stereocenters. The van der Waals surface area contributed by atoms with E-state index in [0.717, 1.165) is 4.31 Å². The van der Waals surface area contributed by atoms with Gasteiger partial charge >= 0.3 is 0 Å². The van der Waals surface area contributed by atoms with Crippen molar-refractivity contribution in [3.63, 3.8) is 0 Å². The van der Waals surface area contributed by atoms with Crippen LogP contribution in [0.4, 0.5) is 0 Å². The van der Waals surface area contributed by atoms with E-state index in [9.17, 15) is 13.5 Å². The monoisotopic (exact) mass is 290 g/mol. The number of aliphatic hydroxyl groups excluding tert-OH is 1. The second-order valence-electron chi connectivity index (χ2n) is 4.95. The molecule has 2 N–H and O–H groups in total. The molecule has 0 bridgehead atoms. The molecule has 1 aromatic heterocycles. The zero-order chi connectivity index (χ0) is 14.6. The first-order valence-corrected chi connectivity index (χ1v) is 7.59. The van der Waals surface area contributed by atoms with Gasteiger partial charge in [0.15, 0.2) is 0 Å². The lowest BCUT2D eigenvalue weighted by Gasteiger charge is -2.14. The van der Waals surface area contributed by atoms with Crippen molar-refractivity contribution in [3.8, 4) is 0 Å². The quantitative estimate of drug-likeness (QED) is 0.770. The van der Waals surface area contributed by atoms with Crippen LogP contribution in [0.2, 0.25) is 0 Å². The fourth-order valence-electron chi connectivity index (χ4n) is 1.35. The van der Waals surface area contributed by atoms with Crippen molar-refractivity contribution in [2.45, 2.75) is 31.6 Å². The van der Waals surface area contributed by atoms with E-state index in [1.807, 2.05) is 13.8 Å². The number of aliphatic hydroxyl groups is 1. The zero-order valence-corrected chi connectivity index (χ0v) is 12.6. The molecule has 0 saturated carbocycles. The Morgan fingerprint density at radius 1 is 1.37 bits per heavy atom. The van der Waals surface area contributed by atoms with Crippen LogP contribution in [0.1, 0.15) is 19.6 Å². The summed E-state index contributed by atoms with van der Waals surface area (Å²) >= 11 is 0. The molecule has 1 rings (SSSR count). The maximum atomic E-state index is 11.8. The van der Waals surface area contributed by atoms with E-state index in [1.165, 1.54) is 20.2 Å². The molecule has 1 unspecified atom stereocenters. The number of nitrogens with one attached hydrogen (secondary N) is 1. The predicted molar refractivity (Wildman–Crippen MR) is 72.1 cm³/mol. The smallest absolute Gasteiger partial charge is 0.275 e. The number of hydrogen-bond acceptors (Lipinski definition) is 5. The van der Waals surface area contributed by atoms with Gasteiger partial charge in [0.1, 0.15) is 5.76 Å². The fourth-order valence-corrected chi connectivity index (χ4v) is 2.16. The second-order valence-corrected chi connectivity index (χ2v) is 7.03. The predicted octanol–water partition coefficient (Wildman–Crippen LogP) is 0.636. The highest BCUT2D eigenvalue weighted by Crippen LogP contribution is 2.16. The topological polar surface area (TPSA) is 82.8 Å². The molecule has 0 saturated heterocycles. The number of sulfonamides is 1. The molecular formula is C12H22N2O4S. The summed E-state index contributed by atoms with van der Waals surface area (Å²) in [6, 6.07) is 3.05. The van der Waals surface area contributed by atoms with E-state index < -0.39 is 16.1 Å². The summed E-state index contributed by atoms with van der Waals surface area (Å²) in [5.74, 6) is 0.699. The Hall–Kier alpha value is -0.890. The summed E-state index contributed by atoms with van der Waals surface area (Å²) in [6.07, 6.45) is -0.431. The van der Waals surface area contributed by atoms with Gasteiger partial charge in [-0.3, -0.25) is 0 Å². The first-order chi connectivity index (χ1) is 8.75. The second kappa shape index (κ2) is 6.51. The van der Waals surface area contributed by atoms with E-state index >= 15 is 0 Å². The first-order valence-electron chi connectivity index (χ1n) is 6.15. The van der Waals surface area contributed by atoms with E-state index in [4.69, 9.17) is 4.42 Å². The molecular weight excluding hydrogens is 268 g/mol. The molecule has 110 valence electrons. The van der Waals surface area contributed by atoms with Crippen LogP contribution in [0.25, 0.3) is 0 Å². The standard InChI is InChI=1S/C12H22N2O4S/c1-9(2)11(15)8-13-7-10-5-6-12(18-10)19(16,17)14(3)4/h5-6,9,11,13,15H,7-8H2,1-4H3. The highest BCUT2D eigenvalue weighted by atomic mass is 32.2. The van der Waals surface area contributed by atoms with Gasteiger partial charge in [0.2, 0.25) is 5.09 Å². The molecule has 0 aliphatic carbocycles. The Morgan fingerprint density at radius 2 is 2.00 bits per heavy atom. The number of rotatable bonds is 7. The third kappa shape index (κ3) is 4.31. The summed E-state index contributed by atoms with van der Waals surface area (Å²) < 4.78 is 30.0. The van der Waals surface area contributed by atoms with Crippen LogP contribution in [0, 0.1) is 5.92 Å². The zero-order valence-electron chi connectivity index (χ0n) is 11.8. The van der Waals surface area contributed by atoms with Crippen LogP contribution in [-0.4, -0.2) is 44.6 Å². The Bertz CT molecular complexity index is 494. The Kier molecular flexibility index (Phi) is 5.54. The van der Waals surface area contributed by atoms with Crippen molar-refractivity contribution in [2.24, 2.45) is 5.92 Å². The summed E-state index contributed by atoms with van der Waals surface area (Å²) in [7, 11) is -0.615. The van der Waals surface area contributed by atoms with Gasteiger partial charge in [-0.15, -0.1) is 0 Å². The first kappa shape index (κ1) is 16.2. The molecule has 19 heavy (non-hydrogen) atoms. The van der Waals surface area contributed by atoms with Crippen molar-refractivity contribution in [2.75, 3.05) is 20.6 Å². The normalized spacial score (nSPS) is 14.3. The van der Waals surface area contributed by atoms with Gasteiger partial charge in [-0.2, -0.15) is 0 Å². The Labute approximate surface area is 114 Å². The maximum absolute atomic E-state index is 11.8. The minimum atomic E-state index is -3.52. The lowest BCUT2D eigenvalue weighted by atomic mass is 10.1. The summed E-state index contributed by atoms with van der Waals surface area (Å²) in [5.41, 5.74) is 0. The van der Waals surface area contributed by atoms with Gasteiger partial charge in [-0.25, -0.2) is 12.7 Å². The van der Waals surface area contributed by atoms with Gasteiger partial charge < -0.3 is 14.8 Å². The van der Waals surface area contributed by atoms with Gasteiger partial charge in [-0.1, -0.05) is 13.8 Å². The van der Waals surface area contributed by atoms with Crippen LogP contribution in [0.3, 0.4) is 0 Å². The third-order valence-corrected chi connectivity index (χ3v) is 4.48. The highest BCUT2D eigenvalue weighted by molar-refractivity contribution is 7.88. The lowest BCUT2D eigenvalue weighted by Crippen LogP contribution is -2.30. The van der Waals surface area contributed by atoms with Crippen LogP contribution < -0.4 is 5.32 Å². The van der Waals surface area contributed by atoms with Crippen LogP contribution in [-0.2, 0) is 16.6 Å². The number of furan rings is 1. The molecule has 1 aromatic rings. The molecule has 0 radical (unpaired) electrons. The SMILES string of the molecule is CC(C)C(O)CNCc1ccc(S(=O)(=O)N(C)C)o1. The number of hydrogen-bond donors (Lipinski definition) is 2. The fraction of sp³-hybridized carbons (Fsp3) is 0.667. The molecule has 7 heteroatoms. The molecule has 0 fully saturated rings.